The van der Waals surface area contributed by atoms with Crippen LogP contribution in [-0.2, 0) is 6.42 Å². The molecule has 0 heterocycles. The van der Waals surface area contributed by atoms with E-state index >= 15 is 0 Å². The SMILES string of the molecule is CC1C=CC(=N)c2ccccc2CC1. The minimum atomic E-state index is 0.587. The molecule has 1 aromatic rings. The summed E-state index contributed by atoms with van der Waals surface area (Å²) in [6.45, 7) is 2.21. The third kappa shape index (κ3) is 1.77. The zero-order chi connectivity index (χ0) is 9.97. The van der Waals surface area contributed by atoms with Crippen molar-refractivity contribution in [1.29, 1.82) is 5.41 Å². The predicted octanol–water partition coefficient (Wildman–Crippen LogP) is 3.19. The highest BCUT2D eigenvalue weighted by molar-refractivity contribution is 6.07. The zero-order valence-corrected chi connectivity index (χ0v) is 8.46. The molecule has 1 unspecified atom stereocenters. The maximum absolute atomic E-state index is 7.91. The lowest BCUT2D eigenvalue weighted by Crippen LogP contribution is -2.06. The van der Waals surface area contributed by atoms with E-state index in [1.807, 2.05) is 18.2 Å². The van der Waals surface area contributed by atoms with Gasteiger partial charge in [0.2, 0.25) is 0 Å². The van der Waals surface area contributed by atoms with Crippen LogP contribution in [0, 0.1) is 11.3 Å². The molecule has 1 heteroatoms. The molecule has 1 aliphatic rings. The smallest absolute Gasteiger partial charge is 0.0611 e. The molecule has 1 atom stereocenters. The summed E-state index contributed by atoms with van der Waals surface area (Å²) in [4.78, 5) is 0. The number of allylic oxidation sites excluding steroid dienone is 2. The van der Waals surface area contributed by atoms with Crippen molar-refractivity contribution in [2.45, 2.75) is 19.8 Å². The topological polar surface area (TPSA) is 23.9 Å². The summed E-state index contributed by atoms with van der Waals surface area (Å²) in [5.74, 6) is 0.587. The molecule has 0 radical (unpaired) electrons. The molecule has 0 saturated heterocycles. The Morgan fingerprint density at radius 1 is 1.29 bits per heavy atom. The quantitative estimate of drug-likeness (QED) is 0.642. The summed E-state index contributed by atoms with van der Waals surface area (Å²) in [5, 5.41) is 7.91. The minimum absolute atomic E-state index is 0.587. The Balaban J connectivity index is 2.42. The van der Waals surface area contributed by atoms with Gasteiger partial charge in [-0.2, -0.15) is 0 Å². The zero-order valence-electron chi connectivity index (χ0n) is 8.46. The molecule has 2 rings (SSSR count). The lowest BCUT2D eigenvalue weighted by Gasteiger charge is -2.14. The van der Waals surface area contributed by atoms with Crippen LogP contribution < -0.4 is 0 Å². The Labute approximate surface area is 85.0 Å². The Hall–Kier alpha value is -1.37. The van der Waals surface area contributed by atoms with Gasteiger partial charge in [0.05, 0.1) is 5.71 Å². The Morgan fingerprint density at radius 2 is 2.07 bits per heavy atom. The van der Waals surface area contributed by atoms with Gasteiger partial charge in [-0.15, -0.1) is 0 Å². The van der Waals surface area contributed by atoms with Gasteiger partial charge in [-0.05, 0) is 30.4 Å². The monoisotopic (exact) mass is 185 g/mol. The molecule has 0 amide bonds. The van der Waals surface area contributed by atoms with Crippen molar-refractivity contribution in [2.75, 3.05) is 0 Å². The van der Waals surface area contributed by atoms with Crippen LogP contribution in [0.4, 0.5) is 0 Å². The van der Waals surface area contributed by atoms with Crippen molar-refractivity contribution in [3.63, 3.8) is 0 Å². The molecular formula is C13H15N. The highest BCUT2D eigenvalue weighted by Crippen LogP contribution is 2.18. The Morgan fingerprint density at radius 3 is 2.93 bits per heavy atom. The summed E-state index contributed by atoms with van der Waals surface area (Å²) >= 11 is 0. The normalized spacial score (nSPS) is 21.2. The number of rotatable bonds is 0. The number of benzene rings is 1. The highest BCUT2D eigenvalue weighted by Gasteiger charge is 2.09. The second kappa shape index (κ2) is 3.79. The number of aryl methyl sites for hydroxylation is 1. The molecule has 1 nitrogen and oxygen atoms in total. The van der Waals surface area contributed by atoms with E-state index in [0.29, 0.717) is 11.6 Å². The van der Waals surface area contributed by atoms with Crippen molar-refractivity contribution in [1.82, 2.24) is 0 Å². The van der Waals surface area contributed by atoms with Gasteiger partial charge < -0.3 is 5.41 Å². The van der Waals surface area contributed by atoms with Crippen LogP contribution in [0.15, 0.2) is 36.4 Å². The van der Waals surface area contributed by atoms with E-state index in [1.165, 1.54) is 12.0 Å². The molecule has 0 aliphatic heterocycles. The van der Waals surface area contributed by atoms with Crippen molar-refractivity contribution >= 4 is 5.71 Å². The number of hydrogen-bond donors (Lipinski definition) is 1. The Kier molecular flexibility index (Phi) is 2.49. The van der Waals surface area contributed by atoms with Gasteiger partial charge in [0.25, 0.3) is 0 Å². The molecule has 0 bridgehead atoms. The van der Waals surface area contributed by atoms with Gasteiger partial charge in [0.1, 0.15) is 0 Å². The molecular weight excluding hydrogens is 170 g/mol. The van der Waals surface area contributed by atoms with E-state index in [-0.39, 0.29) is 0 Å². The van der Waals surface area contributed by atoms with Gasteiger partial charge in [-0.25, -0.2) is 0 Å². The summed E-state index contributed by atoms with van der Waals surface area (Å²) < 4.78 is 0. The first-order chi connectivity index (χ1) is 6.77. The van der Waals surface area contributed by atoms with E-state index in [9.17, 15) is 0 Å². The van der Waals surface area contributed by atoms with E-state index < -0.39 is 0 Å². The first kappa shape index (κ1) is 9.20. The summed E-state index contributed by atoms with van der Waals surface area (Å²) in [5.41, 5.74) is 3.05. The van der Waals surface area contributed by atoms with E-state index in [4.69, 9.17) is 5.41 Å². The van der Waals surface area contributed by atoms with Gasteiger partial charge in [0, 0.05) is 5.56 Å². The van der Waals surface area contributed by atoms with E-state index in [1.54, 1.807) is 0 Å². The van der Waals surface area contributed by atoms with E-state index in [2.05, 4.69) is 25.1 Å². The molecule has 1 aromatic carbocycles. The van der Waals surface area contributed by atoms with Gasteiger partial charge >= 0.3 is 0 Å². The predicted molar refractivity (Wildman–Crippen MR) is 59.9 cm³/mol. The van der Waals surface area contributed by atoms with Gasteiger partial charge in [-0.1, -0.05) is 37.3 Å². The lowest BCUT2D eigenvalue weighted by molar-refractivity contribution is 0.646. The van der Waals surface area contributed by atoms with Gasteiger partial charge in [0.15, 0.2) is 0 Å². The molecule has 0 spiro atoms. The lowest BCUT2D eigenvalue weighted by atomic mass is 9.92. The maximum Gasteiger partial charge on any atom is 0.0611 e. The molecule has 0 fully saturated rings. The van der Waals surface area contributed by atoms with Crippen LogP contribution in [0.2, 0.25) is 0 Å². The number of hydrogen-bond acceptors (Lipinski definition) is 1. The molecule has 0 aromatic heterocycles. The average molecular weight is 185 g/mol. The van der Waals surface area contributed by atoms with Crippen molar-refractivity contribution in [3.8, 4) is 0 Å². The van der Waals surface area contributed by atoms with Crippen LogP contribution in [0.5, 0.6) is 0 Å². The molecule has 72 valence electrons. The van der Waals surface area contributed by atoms with Crippen molar-refractivity contribution in [2.24, 2.45) is 5.92 Å². The molecule has 14 heavy (non-hydrogen) atoms. The van der Waals surface area contributed by atoms with Crippen LogP contribution in [0.3, 0.4) is 0 Å². The third-order valence-corrected chi connectivity index (χ3v) is 2.77. The van der Waals surface area contributed by atoms with Crippen LogP contribution in [0.1, 0.15) is 24.5 Å². The fraction of sp³-hybridized carbons (Fsp3) is 0.308. The summed E-state index contributed by atoms with van der Waals surface area (Å²) in [7, 11) is 0. The number of nitrogens with one attached hydrogen (secondary N) is 1. The number of fused-ring (bicyclic) bond motifs is 1. The molecule has 1 N–H and O–H groups in total. The Bertz CT molecular complexity index is 377. The summed E-state index contributed by atoms with van der Waals surface area (Å²) in [6, 6.07) is 8.24. The van der Waals surface area contributed by atoms with Gasteiger partial charge in [-0.3, -0.25) is 0 Å². The average Bonchev–Trinajstić information content (AvgIpc) is 2.21. The third-order valence-electron chi connectivity index (χ3n) is 2.77. The summed E-state index contributed by atoms with van der Waals surface area (Å²) in [6.07, 6.45) is 6.34. The first-order valence-electron chi connectivity index (χ1n) is 5.12. The minimum Gasteiger partial charge on any atom is -0.300 e. The second-order valence-corrected chi connectivity index (χ2v) is 3.95. The fourth-order valence-corrected chi connectivity index (χ4v) is 1.83. The van der Waals surface area contributed by atoms with Crippen LogP contribution in [0.25, 0.3) is 0 Å². The highest BCUT2D eigenvalue weighted by atomic mass is 14.4. The van der Waals surface area contributed by atoms with Crippen LogP contribution in [-0.4, -0.2) is 5.71 Å². The van der Waals surface area contributed by atoms with E-state index in [0.717, 1.165) is 12.0 Å². The van der Waals surface area contributed by atoms with Crippen LogP contribution >= 0.6 is 0 Å². The second-order valence-electron chi connectivity index (χ2n) is 3.95. The molecule has 1 aliphatic carbocycles. The molecule has 0 saturated carbocycles. The maximum atomic E-state index is 7.91. The van der Waals surface area contributed by atoms with Crippen molar-refractivity contribution < 1.29 is 0 Å². The van der Waals surface area contributed by atoms with Crippen molar-refractivity contribution in [3.05, 3.63) is 47.5 Å². The standard InChI is InChI=1S/C13H15N/c1-10-6-8-11-4-2-3-5-12(11)13(14)9-7-10/h2-5,7,9-10,14H,6,8H2,1H3. The fourth-order valence-electron chi connectivity index (χ4n) is 1.83. The first-order valence-corrected chi connectivity index (χ1v) is 5.12. The largest absolute Gasteiger partial charge is 0.300 e.